The van der Waals surface area contributed by atoms with Crippen molar-refractivity contribution >= 4 is 62.3 Å². The molecule has 11 heteroatoms. The first-order valence-corrected chi connectivity index (χ1v) is 14.9. The highest BCUT2D eigenvalue weighted by Crippen LogP contribution is 2.28. The monoisotopic (exact) mass is 609 g/mol. The van der Waals surface area contributed by atoms with E-state index < -0.39 is 28.5 Å². The van der Waals surface area contributed by atoms with Crippen LogP contribution in [0.4, 0.5) is 5.69 Å². The molecule has 0 unspecified atom stereocenters. The summed E-state index contributed by atoms with van der Waals surface area (Å²) in [5.74, 6) is -0.977. The molecular formula is C28H30Cl3N3O4S. The van der Waals surface area contributed by atoms with E-state index in [1.54, 1.807) is 61.5 Å². The van der Waals surface area contributed by atoms with E-state index in [0.29, 0.717) is 27.1 Å². The van der Waals surface area contributed by atoms with Gasteiger partial charge >= 0.3 is 0 Å². The highest BCUT2D eigenvalue weighted by Gasteiger charge is 2.33. The average molecular weight is 611 g/mol. The molecule has 0 bridgehead atoms. The van der Waals surface area contributed by atoms with Crippen LogP contribution in [0.2, 0.25) is 15.1 Å². The van der Waals surface area contributed by atoms with Gasteiger partial charge in [-0.25, -0.2) is 8.42 Å². The van der Waals surface area contributed by atoms with E-state index in [9.17, 15) is 18.0 Å². The molecule has 3 aromatic carbocycles. The van der Waals surface area contributed by atoms with Crippen molar-refractivity contribution in [3.8, 4) is 0 Å². The summed E-state index contributed by atoms with van der Waals surface area (Å²) in [6, 6.07) is 17.8. The highest BCUT2D eigenvalue weighted by molar-refractivity contribution is 7.92. The Labute approximate surface area is 244 Å². The van der Waals surface area contributed by atoms with Gasteiger partial charge in [-0.3, -0.25) is 13.9 Å². The lowest BCUT2D eigenvalue weighted by molar-refractivity contribution is -0.139. The van der Waals surface area contributed by atoms with E-state index in [0.717, 1.165) is 4.31 Å². The van der Waals surface area contributed by atoms with Crippen LogP contribution in [0.15, 0.2) is 77.7 Å². The number of benzene rings is 3. The number of carbonyl (C=O) groups excluding carboxylic acids is 2. The number of hydrogen-bond acceptors (Lipinski definition) is 4. The lowest BCUT2D eigenvalue weighted by Crippen LogP contribution is -2.52. The Morgan fingerprint density at radius 3 is 2.18 bits per heavy atom. The molecule has 0 aromatic heterocycles. The number of rotatable bonds is 11. The summed E-state index contributed by atoms with van der Waals surface area (Å²) in [6.07, 6.45) is 0.702. The molecule has 2 amide bonds. The number of carbonyl (C=O) groups is 2. The number of sulfonamides is 1. The fourth-order valence-electron chi connectivity index (χ4n) is 3.76. The van der Waals surface area contributed by atoms with E-state index in [-0.39, 0.29) is 29.1 Å². The van der Waals surface area contributed by atoms with Crippen molar-refractivity contribution in [1.82, 2.24) is 10.2 Å². The number of halogens is 3. The fraction of sp³-hybridized carbons (Fsp3) is 0.286. The maximum Gasteiger partial charge on any atom is 0.264 e. The van der Waals surface area contributed by atoms with E-state index in [1.807, 2.05) is 13.8 Å². The maximum atomic E-state index is 13.9. The van der Waals surface area contributed by atoms with Crippen molar-refractivity contribution in [2.75, 3.05) is 10.8 Å². The summed E-state index contributed by atoms with van der Waals surface area (Å²) >= 11 is 18.6. The summed E-state index contributed by atoms with van der Waals surface area (Å²) in [5.41, 5.74) is 0.763. The molecule has 0 spiro atoms. The van der Waals surface area contributed by atoms with Crippen LogP contribution in [-0.2, 0) is 26.2 Å². The molecule has 0 radical (unpaired) electrons. The standard InChI is InChI=1S/C28H30Cl3N3O4S/c1-4-19(2)32-28(36)20(3)33(17-21-13-14-23(30)16-26(21)31)27(35)18-34(24-10-8-9-22(29)15-24)39(37,38)25-11-6-5-7-12-25/h5-16,19-20H,4,17-18H2,1-3H3,(H,32,36)/t19-,20-/m0/s1. The van der Waals surface area contributed by atoms with Gasteiger partial charge in [0, 0.05) is 27.7 Å². The Bertz CT molecular complexity index is 1420. The Hall–Kier alpha value is -2.78. The van der Waals surface area contributed by atoms with Crippen molar-refractivity contribution in [1.29, 1.82) is 0 Å². The predicted octanol–water partition coefficient (Wildman–Crippen LogP) is 6.17. The molecule has 7 nitrogen and oxygen atoms in total. The van der Waals surface area contributed by atoms with Gasteiger partial charge in [0.2, 0.25) is 11.8 Å². The van der Waals surface area contributed by atoms with Crippen molar-refractivity contribution in [3.63, 3.8) is 0 Å². The number of nitrogens with zero attached hydrogens (tertiary/aromatic N) is 2. The zero-order valence-corrected chi connectivity index (χ0v) is 24.9. The third-order valence-corrected chi connectivity index (χ3v) is 8.84. The first kappa shape index (κ1) is 30.8. The van der Waals surface area contributed by atoms with Gasteiger partial charge in [-0.05, 0) is 68.3 Å². The smallest absolute Gasteiger partial charge is 0.264 e. The Morgan fingerprint density at radius 1 is 0.897 bits per heavy atom. The minimum atomic E-state index is -4.17. The average Bonchev–Trinajstić information content (AvgIpc) is 2.91. The number of hydrogen-bond donors (Lipinski definition) is 1. The second-order valence-electron chi connectivity index (χ2n) is 9.06. The molecule has 3 rings (SSSR count). The molecule has 1 N–H and O–H groups in total. The van der Waals surface area contributed by atoms with Crippen LogP contribution in [-0.4, -0.2) is 43.8 Å². The van der Waals surface area contributed by atoms with E-state index in [4.69, 9.17) is 34.8 Å². The van der Waals surface area contributed by atoms with E-state index in [2.05, 4.69) is 5.32 Å². The first-order valence-electron chi connectivity index (χ1n) is 12.3. The number of amides is 2. The van der Waals surface area contributed by atoms with Gasteiger partial charge in [-0.2, -0.15) is 0 Å². The van der Waals surface area contributed by atoms with Gasteiger partial charge in [0.25, 0.3) is 10.0 Å². The molecule has 0 heterocycles. The molecule has 208 valence electrons. The SMILES string of the molecule is CC[C@H](C)NC(=O)[C@H](C)N(Cc1ccc(Cl)cc1Cl)C(=O)CN(c1cccc(Cl)c1)S(=O)(=O)c1ccccc1. The summed E-state index contributed by atoms with van der Waals surface area (Å²) < 4.78 is 28.5. The minimum Gasteiger partial charge on any atom is -0.352 e. The molecule has 0 aliphatic heterocycles. The Morgan fingerprint density at radius 2 is 1.56 bits per heavy atom. The second-order valence-corrected chi connectivity index (χ2v) is 12.2. The molecule has 39 heavy (non-hydrogen) atoms. The Balaban J connectivity index is 2.04. The van der Waals surface area contributed by atoms with Crippen molar-refractivity contribution in [3.05, 3.63) is 93.4 Å². The van der Waals surface area contributed by atoms with Gasteiger partial charge in [0.15, 0.2) is 0 Å². The van der Waals surface area contributed by atoms with Gasteiger partial charge in [0.05, 0.1) is 10.6 Å². The fourth-order valence-corrected chi connectivity index (χ4v) is 5.84. The van der Waals surface area contributed by atoms with Crippen LogP contribution in [0.3, 0.4) is 0 Å². The van der Waals surface area contributed by atoms with Gasteiger partial charge in [-0.15, -0.1) is 0 Å². The normalized spacial score (nSPS) is 12.9. The Kier molecular flexibility index (Phi) is 10.7. The molecule has 3 aromatic rings. The van der Waals surface area contributed by atoms with Gasteiger partial charge < -0.3 is 10.2 Å². The lowest BCUT2D eigenvalue weighted by atomic mass is 10.1. The molecule has 0 aliphatic rings. The lowest BCUT2D eigenvalue weighted by Gasteiger charge is -2.32. The zero-order chi connectivity index (χ0) is 28.7. The topological polar surface area (TPSA) is 86.8 Å². The van der Waals surface area contributed by atoms with Crippen LogP contribution in [0.1, 0.15) is 32.8 Å². The zero-order valence-electron chi connectivity index (χ0n) is 21.8. The molecule has 0 saturated heterocycles. The van der Waals surface area contributed by atoms with Gasteiger partial charge in [0.1, 0.15) is 12.6 Å². The maximum absolute atomic E-state index is 13.9. The molecule has 2 atom stereocenters. The molecular weight excluding hydrogens is 581 g/mol. The second kappa shape index (κ2) is 13.5. The number of nitrogens with one attached hydrogen (secondary N) is 1. The summed E-state index contributed by atoms with van der Waals surface area (Å²) in [5, 5.41) is 3.93. The largest absolute Gasteiger partial charge is 0.352 e. The van der Waals surface area contributed by atoms with Crippen LogP contribution >= 0.6 is 34.8 Å². The third-order valence-electron chi connectivity index (χ3n) is 6.23. The first-order chi connectivity index (χ1) is 18.4. The molecule has 0 saturated carbocycles. The van der Waals surface area contributed by atoms with Crippen LogP contribution in [0.25, 0.3) is 0 Å². The van der Waals surface area contributed by atoms with Crippen molar-refractivity contribution < 1.29 is 18.0 Å². The third kappa shape index (κ3) is 7.88. The predicted molar refractivity (Wildman–Crippen MR) is 157 cm³/mol. The van der Waals surface area contributed by atoms with Crippen LogP contribution < -0.4 is 9.62 Å². The quantitative estimate of drug-likeness (QED) is 0.281. The summed E-state index contributed by atoms with van der Waals surface area (Å²) in [7, 11) is -4.17. The van der Waals surface area contributed by atoms with Crippen molar-refractivity contribution in [2.45, 2.75) is 50.7 Å². The molecule has 0 fully saturated rings. The van der Waals surface area contributed by atoms with E-state index >= 15 is 0 Å². The minimum absolute atomic E-state index is 0.00707. The van der Waals surface area contributed by atoms with Gasteiger partial charge in [-0.1, -0.05) is 72.1 Å². The van der Waals surface area contributed by atoms with Crippen LogP contribution in [0, 0.1) is 0 Å². The van der Waals surface area contributed by atoms with E-state index in [1.165, 1.54) is 23.1 Å². The molecule has 0 aliphatic carbocycles. The summed E-state index contributed by atoms with van der Waals surface area (Å²) in [4.78, 5) is 28.3. The van der Waals surface area contributed by atoms with Crippen molar-refractivity contribution in [2.24, 2.45) is 0 Å². The summed E-state index contributed by atoms with van der Waals surface area (Å²) in [6.45, 7) is 4.76. The number of anilines is 1. The van der Waals surface area contributed by atoms with Crippen LogP contribution in [0.5, 0.6) is 0 Å². The highest BCUT2D eigenvalue weighted by atomic mass is 35.5.